The molecule has 2 N–H and O–H groups in total. The number of para-hydroxylation sites is 1. The highest BCUT2D eigenvalue weighted by atomic mass is 16.5. The Morgan fingerprint density at radius 3 is 2.65 bits per heavy atom. The molecule has 4 rings (SSSR count). The van der Waals surface area contributed by atoms with Crippen LogP contribution in [0.4, 0.5) is 5.82 Å². The van der Waals surface area contributed by atoms with Gasteiger partial charge in [-0.1, -0.05) is 18.2 Å². The van der Waals surface area contributed by atoms with Gasteiger partial charge in [-0.05, 0) is 38.1 Å². The highest BCUT2D eigenvalue weighted by molar-refractivity contribution is 5.97. The Morgan fingerprint density at radius 2 is 1.90 bits per heavy atom. The number of nitrogens with one attached hydrogen (secondary N) is 1. The lowest BCUT2D eigenvalue weighted by molar-refractivity contribution is -0.00546. The Morgan fingerprint density at radius 1 is 1.19 bits per heavy atom. The lowest BCUT2D eigenvalue weighted by Crippen LogP contribution is -2.47. The van der Waals surface area contributed by atoms with Gasteiger partial charge in [-0.15, -0.1) is 0 Å². The van der Waals surface area contributed by atoms with Gasteiger partial charge >= 0.3 is 0 Å². The second kappa shape index (κ2) is 8.57. The van der Waals surface area contributed by atoms with E-state index >= 15 is 0 Å². The summed E-state index contributed by atoms with van der Waals surface area (Å²) < 4.78 is 7.23. The summed E-state index contributed by atoms with van der Waals surface area (Å²) in [6.45, 7) is 5.09. The summed E-state index contributed by atoms with van der Waals surface area (Å²) in [5, 5.41) is 13.8. The number of morpholine rings is 1. The predicted octanol–water partition coefficient (Wildman–Crippen LogP) is 1.78. The maximum atomic E-state index is 13.2. The number of hydrogen-bond donors (Lipinski definition) is 2. The van der Waals surface area contributed by atoms with E-state index in [4.69, 9.17) is 4.74 Å². The minimum Gasteiger partial charge on any atom is -0.507 e. The second-order valence-corrected chi connectivity index (χ2v) is 7.46. The van der Waals surface area contributed by atoms with Gasteiger partial charge in [0.15, 0.2) is 0 Å². The molecule has 2 unspecified atom stereocenters. The number of fused-ring (bicyclic) bond motifs is 1. The summed E-state index contributed by atoms with van der Waals surface area (Å²) in [6.07, 6.45) is 2.89. The van der Waals surface area contributed by atoms with E-state index in [0.717, 1.165) is 0 Å². The monoisotopic (exact) mass is 421 g/mol. The SMILES string of the molecule is CC1CN(c2nc3ccccn3c(=O)c2C=NNC(=O)c2ccccc2O)CC(C)O1. The van der Waals surface area contributed by atoms with Gasteiger partial charge < -0.3 is 14.7 Å². The van der Waals surface area contributed by atoms with Crippen LogP contribution in [0.2, 0.25) is 0 Å². The van der Waals surface area contributed by atoms with Crippen molar-refractivity contribution in [2.24, 2.45) is 5.10 Å². The molecule has 0 radical (unpaired) electrons. The van der Waals surface area contributed by atoms with E-state index in [1.54, 1.807) is 30.5 Å². The van der Waals surface area contributed by atoms with Crippen LogP contribution >= 0.6 is 0 Å². The summed E-state index contributed by atoms with van der Waals surface area (Å²) in [6, 6.07) is 11.5. The fourth-order valence-corrected chi connectivity index (χ4v) is 3.68. The molecule has 3 aromatic rings. The second-order valence-electron chi connectivity index (χ2n) is 7.46. The number of amides is 1. The van der Waals surface area contributed by atoms with Crippen LogP contribution in [0.5, 0.6) is 5.75 Å². The normalized spacial score (nSPS) is 19.1. The van der Waals surface area contributed by atoms with Gasteiger partial charge in [0, 0.05) is 19.3 Å². The van der Waals surface area contributed by atoms with Crippen LogP contribution in [0, 0.1) is 0 Å². The van der Waals surface area contributed by atoms with Crippen molar-refractivity contribution in [3.05, 3.63) is 70.1 Å². The molecular formula is C22H23N5O4. The Bertz CT molecular complexity index is 1200. The first-order valence-electron chi connectivity index (χ1n) is 9.97. The first kappa shape index (κ1) is 20.5. The van der Waals surface area contributed by atoms with Crippen molar-refractivity contribution in [3.63, 3.8) is 0 Å². The number of rotatable bonds is 4. The lowest BCUT2D eigenvalue weighted by atomic mass is 10.2. The van der Waals surface area contributed by atoms with Crippen molar-refractivity contribution in [1.82, 2.24) is 14.8 Å². The van der Waals surface area contributed by atoms with E-state index in [1.807, 2.05) is 24.8 Å². The third-order valence-corrected chi connectivity index (χ3v) is 4.98. The molecule has 1 aliphatic heterocycles. The van der Waals surface area contributed by atoms with Crippen LogP contribution in [0.1, 0.15) is 29.8 Å². The first-order chi connectivity index (χ1) is 14.9. The molecule has 1 fully saturated rings. The molecule has 0 spiro atoms. The summed E-state index contributed by atoms with van der Waals surface area (Å²) in [5.41, 5.74) is 2.92. The van der Waals surface area contributed by atoms with Gasteiger partial charge in [0.25, 0.3) is 11.5 Å². The van der Waals surface area contributed by atoms with Crippen molar-refractivity contribution < 1.29 is 14.6 Å². The zero-order valence-electron chi connectivity index (χ0n) is 17.2. The van der Waals surface area contributed by atoms with Gasteiger partial charge in [-0.3, -0.25) is 14.0 Å². The molecule has 9 heteroatoms. The Hall–Kier alpha value is -3.72. The molecule has 2 atom stereocenters. The van der Waals surface area contributed by atoms with Crippen molar-refractivity contribution in [2.45, 2.75) is 26.1 Å². The number of carbonyl (C=O) groups excluding carboxylic acids is 1. The largest absolute Gasteiger partial charge is 0.507 e. The molecule has 1 aromatic carbocycles. The number of aromatic nitrogens is 2. The predicted molar refractivity (Wildman–Crippen MR) is 117 cm³/mol. The fourth-order valence-electron chi connectivity index (χ4n) is 3.68. The minimum absolute atomic E-state index is 0.0228. The molecule has 2 aromatic heterocycles. The van der Waals surface area contributed by atoms with E-state index in [1.165, 1.54) is 22.7 Å². The molecule has 0 aliphatic carbocycles. The first-order valence-corrected chi connectivity index (χ1v) is 9.97. The van der Waals surface area contributed by atoms with E-state index in [0.29, 0.717) is 24.6 Å². The Balaban J connectivity index is 1.71. The smallest absolute Gasteiger partial charge is 0.275 e. The molecule has 31 heavy (non-hydrogen) atoms. The van der Waals surface area contributed by atoms with E-state index in [2.05, 4.69) is 15.5 Å². The topological polar surface area (TPSA) is 109 Å². The van der Waals surface area contributed by atoms with Crippen LogP contribution in [-0.2, 0) is 4.74 Å². The molecule has 0 saturated carbocycles. The van der Waals surface area contributed by atoms with E-state index in [-0.39, 0.29) is 34.6 Å². The molecule has 0 bridgehead atoms. The van der Waals surface area contributed by atoms with Gasteiger partial charge in [0.05, 0.1) is 24.0 Å². The fraction of sp³-hybridized carbons (Fsp3) is 0.273. The van der Waals surface area contributed by atoms with Crippen molar-refractivity contribution in [1.29, 1.82) is 0 Å². The number of ether oxygens (including phenoxy) is 1. The Labute approximate surface area is 178 Å². The molecular weight excluding hydrogens is 398 g/mol. The highest BCUT2D eigenvalue weighted by Gasteiger charge is 2.26. The quantitative estimate of drug-likeness (QED) is 0.491. The number of pyridine rings is 1. The van der Waals surface area contributed by atoms with Gasteiger partial charge in [0.2, 0.25) is 0 Å². The molecule has 1 saturated heterocycles. The number of nitrogens with zero attached hydrogens (tertiary/aromatic N) is 4. The van der Waals surface area contributed by atoms with Crippen molar-refractivity contribution in [3.8, 4) is 5.75 Å². The molecule has 1 amide bonds. The van der Waals surface area contributed by atoms with Gasteiger partial charge in [0.1, 0.15) is 22.8 Å². The third kappa shape index (κ3) is 4.26. The zero-order chi connectivity index (χ0) is 22.0. The molecule has 9 nitrogen and oxygen atoms in total. The van der Waals surface area contributed by atoms with E-state index in [9.17, 15) is 14.7 Å². The van der Waals surface area contributed by atoms with Gasteiger partial charge in [-0.2, -0.15) is 5.10 Å². The average molecular weight is 421 g/mol. The molecule has 3 heterocycles. The summed E-state index contributed by atoms with van der Waals surface area (Å²) in [5.74, 6) is -0.253. The summed E-state index contributed by atoms with van der Waals surface area (Å²) in [7, 11) is 0. The number of aromatic hydroxyl groups is 1. The van der Waals surface area contributed by atoms with Gasteiger partial charge in [-0.25, -0.2) is 10.4 Å². The highest BCUT2D eigenvalue weighted by Crippen LogP contribution is 2.21. The van der Waals surface area contributed by atoms with Crippen LogP contribution < -0.4 is 15.9 Å². The standard InChI is InChI=1S/C22H23N5O4/c1-14-12-26(13-15(2)31-14)20-17(22(30)27-10-6-5-9-19(27)24-20)11-23-25-21(29)16-7-3-4-8-18(16)28/h3-11,14-15,28H,12-13H2,1-2H3,(H,25,29). The van der Waals surface area contributed by atoms with Crippen molar-refractivity contribution in [2.75, 3.05) is 18.0 Å². The Kier molecular flexibility index (Phi) is 5.68. The lowest BCUT2D eigenvalue weighted by Gasteiger charge is -2.36. The van der Waals surface area contributed by atoms with Crippen LogP contribution in [-0.4, -0.2) is 51.9 Å². The number of phenols is 1. The number of hydrazone groups is 1. The maximum absolute atomic E-state index is 13.2. The van der Waals surface area contributed by atoms with Crippen LogP contribution in [0.15, 0.2) is 58.6 Å². The maximum Gasteiger partial charge on any atom is 0.275 e. The summed E-state index contributed by atoms with van der Waals surface area (Å²) >= 11 is 0. The molecule has 1 aliphatic rings. The number of carbonyl (C=O) groups is 1. The number of benzene rings is 1. The van der Waals surface area contributed by atoms with E-state index < -0.39 is 5.91 Å². The van der Waals surface area contributed by atoms with Crippen molar-refractivity contribution >= 4 is 23.6 Å². The zero-order valence-corrected chi connectivity index (χ0v) is 17.2. The number of phenolic OH excluding ortho intramolecular Hbond substituents is 1. The average Bonchev–Trinajstić information content (AvgIpc) is 2.74. The van der Waals surface area contributed by atoms with Crippen LogP contribution in [0.3, 0.4) is 0 Å². The van der Waals surface area contributed by atoms with Crippen LogP contribution in [0.25, 0.3) is 5.65 Å². The number of hydrogen-bond acceptors (Lipinski definition) is 7. The summed E-state index contributed by atoms with van der Waals surface area (Å²) in [4.78, 5) is 32.2. The third-order valence-electron chi connectivity index (χ3n) is 4.98. The number of anilines is 1. The minimum atomic E-state index is -0.585. The molecule has 160 valence electrons.